The predicted octanol–water partition coefficient (Wildman–Crippen LogP) is 4.11. The molecule has 0 spiro atoms. The zero-order chi connectivity index (χ0) is 23.3. The molecule has 2 aliphatic heterocycles. The molecule has 2 heterocycles. The zero-order valence-electron chi connectivity index (χ0n) is 19.4. The van der Waals surface area contributed by atoms with Gasteiger partial charge in [-0.1, -0.05) is 30.3 Å². The van der Waals surface area contributed by atoms with E-state index in [4.69, 9.17) is 0 Å². The number of hydrogen-bond donors (Lipinski definition) is 0. The van der Waals surface area contributed by atoms with Crippen molar-refractivity contribution in [2.45, 2.75) is 6.54 Å². The zero-order valence-corrected chi connectivity index (χ0v) is 19.4. The first-order chi connectivity index (χ1) is 16.7. The van der Waals surface area contributed by atoms with E-state index < -0.39 is 0 Å². The van der Waals surface area contributed by atoms with Crippen molar-refractivity contribution in [1.82, 2.24) is 9.80 Å². The van der Waals surface area contributed by atoms with E-state index in [0.717, 1.165) is 57.1 Å². The summed E-state index contributed by atoms with van der Waals surface area (Å²) in [5, 5.41) is 0. The standard InChI is InChI=1S/C28H31FN4O/c29-25-10-12-27(13-11-25)32-18-20-33(21-19-32)28(34)24-8-6-23(7-9-24)22-30-14-16-31(17-15-30)26-4-2-1-3-5-26/h1-13H,14-22H2. The lowest BCUT2D eigenvalue weighted by Gasteiger charge is -2.36. The molecule has 5 nitrogen and oxygen atoms in total. The van der Waals surface area contributed by atoms with Crippen LogP contribution in [0.5, 0.6) is 0 Å². The Balaban J connectivity index is 1.10. The Hall–Kier alpha value is -3.38. The molecule has 2 fully saturated rings. The fourth-order valence-corrected chi connectivity index (χ4v) is 4.82. The van der Waals surface area contributed by atoms with Crippen molar-refractivity contribution < 1.29 is 9.18 Å². The van der Waals surface area contributed by atoms with Gasteiger partial charge >= 0.3 is 0 Å². The van der Waals surface area contributed by atoms with Gasteiger partial charge in [0.15, 0.2) is 0 Å². The van der Waals surface area contributed by atoms with Gasteiger partial charge in [0.05, 0.1) is 0 Å². The Morgan fingerprint density at radius 2 is 1.21 bits per heavy atom. The van der Waals surface area contributed by atoms with Crippen LogP contribution in [0.1, 0.15) is 15.9 Å². The minimum atomic E-state index is -0.226. The van der Waals surface area contributed by atoms with Crippen molar-refractivity contribution in [1.29, 1.82) is 0 Å². The van der Waals surface area contributed by atoms with Crippen molar-refractivity contribution in [2.75, 3.05) is 62.2 Å². The van der Waals surface area contributed by atoms with E-state index in [9.17, 15) is 9.18 Å². The first kappa shape index (κ1) is 22.4. The van der Waals surface area contributed by atoms with E-state index in [2.05, 4.69) is 57.2 Å². The molecular formula is C28H31FN4O. The number of piperazine rings is 2. The Labute approximate surface area is 201 Å². The number of hydrogen-bond acceptors (Lipinski definition) is 4. The summed E-state index contributed by atoms with van der Waals surface area (Å²) in [5.74, 6) is -0.141. The van der Waals surface area contributed by atoms with Crippen LogP contribution in [-0.4, -0.2) is 68.1 Å². The molecule has 2 saturated heterocycles. The van der Waals surface area contributed by atoms with Crippen LogP contribution in [-0.2, 0) is 6.54 Å². The molecule has 0 radical (unpaired) electrons. The lowest BCUT2D eigenvalue weighted by Crippen LogP contribution is -2.48. The van der Waals surface area contributed by atoms with E-state index in [1.165, 1.54) is 23.4 Å². The van der Waals surface area contributed by atoms with E-state index in [1.807, 2.05) is 17.0 Å². The van der Waals surface area contributed by atoms with Gasteiger partial charge in [-0.15, -0.1) is 0 Å². The van der Waals surface area contributed by atoms with Crippen LogP contribution < -0.4 is 9.80 Å². The van der Waals surface area contributed by atoms with Crippen LogP contribution >= 0.6 is 0 Å². The van der Waals surface area contributed by atoms with E-state index in [0.29, 0.717) is 13.1 Å². The van der Waals surface area contributed by atoms with Gasteiger partial charge in [0.25, 0.3) is 5.91 Å². The predicted molar refractivity (Wildman–Crippen MR) is 135 cm³/mol. The van der Waals surface area contributed by atoms with Crippen LogP contribution in [0.15, 0.2) is 78.9 Å². The fraction of sp³-hybridized carbons (Fsp3) is 0.321. The average molecular weight is 459 g/mol. The molecule has 0 atom stereocenters. The van der Waals surface area contributed by atoms with Crippen molar-refractivity contribution in [2.24, 2.45) is 0 Å². The molecule has 3 aromatic rings. The quantitative estimate of drug-likeness (QED) is 0.576. The molecule has 1 amide bonds. The highest BCUT2D eigenvalue weighted by atomic mass is 19.1. The van der Waals surface area contributed by atoms with Gasteiger partial charge in [-0.2, -0.15) is 0 Å². The second-order valence-corrected chi connectivity index (χ2v) is 9.05. The van der Waals surface area contributed by atoms with Crippen LogP contribution in [0.25, 0.3) is 0 Å². The van der Waals surface area contributed by atoms with Gasteiger partial charge in [-0.25, -0.2) is 4.39 Å². The molecule has 176 valence electrons. The minimum absolute atomic E-state index is 0.0850. The number of halogens is 1. The minimum Gasteiger partial charge on any atom is -0.369 e. The molecule has 0 aromatic heterocycles. The summed E-state index contributed by atoms with van der Waals surface area (Å²) in [7, 11) is 0. The number of carbonyl (C=O) groups excluding carboxylic acids is 1. The van der Waals surface area contributed by atoms with E-state index >= 15 is 0 Å². The Morgan fingerprint density at radius 3 is 1.82 bits per heavy atom. The van der Waals surface area contributed by atoms with Crippen LogP contribution in [0.2, 0.25) is 0 Å². The Bertz CT molecular complexity index is 1070. The van der Waals surface area contributed by atoms with Gasteiger partial charge < -0.3 is 14.7 Å². The molecule has 6 heteroatoms. The monoisotopic (exact) mass is 458 g/mol. The first-order valence-corrected chi connectivity index (χ1v) is 12.1. The second kappa shape index (κ2) is 10.3. The maximum Gasteiger partial charge on any atom is 0.253 e. The summed E-state index contributed by atoms with van der Waals surface area (Å²) in [5.41, 5.74) is 4.28. The van der Waals surface area contributed by atoms with E-state index in [-0.39, 0.29) is 11.7 Å². The fourth-order valence-electron chi connectivity index (χ4n) is 4.82. The number of para-hydroxylation sites is 1. The second-order valence-electron chi connectivity index (χ2n) is 9.05. The molecule has 0 bridgehead atoms. The molecule has 3 aromatic carbocycles. The van der Waals surface area contributed by atoms with Gasteiger partial charge in [-0.3, -0.25) is 9.69 Å². The number of amides is 1. The summed E-state index contributed by atoms with van der Waals surface area (Å²) >= 11 is 0. The van der Waals surface area contributed by atoms with Gasteiger partial charge in [0.1, 0.15) is 5.82 Å². The highest BCUT2D eigenvalue weighted by Gasteiger charge is 2.23. The van der Waals surface area contributed by atoms with Crippen molar-refractivity contribution in [3.8, 4) is 0 Å². The molecule has 2 aliphatic rings. The maximum atomic E-state index is 13.2. The van der Waals surface area contributed by atoms with Gasteiger partial charge in [0, 0.05) is 75.8 Å². The largest absolute Gasteiger partial charge is 0.369 e. The maximum absolute atomic E-state index is 13.2. The molecule has 0 aliphatic carbocycles. The molecule has 5 rings (SSSR count). The van der Waals surface area contributed by atoms with Crippen molar-refractivity contribution >= 4 is 17.3 Å². The highest BCUT2D eigenvalue weighted by molar-refractivity contribution is 5.94. The Kier molecular flexibility index (Phi) is 6.77. The number of nitrogens with zero attached hydrogens (tertiary/aromatic N) is 4. The number of anilines is 2. The third-order valence-corrected chi connectivity index (χ3v) is 6.86. The third-order valence-electron chi connectivity index (χ3n) is 6.86. The highest BCUT2D eigenvalue weighted by Crippen LogP contribution is 2.19. The molecule has 0 unspecified atom stereocenters. The number of benzene rings is 3. The summed E-state index contributed by atoms with van der Waals surface area (Å²) in [6.07, 6.45) is 0. The smallest absolute Gasteiger partial charge is 0.253 e. The lowest BCUT2D eigenvalue weighted by molar-refractivity contribution is 0.0746. The molecular weight excluding hydrogens is 427 g/mol. The third kappa shape index (κ3) is 5.23. The molecule has 0 N–H and O–H groups in total. The number of carbonyl (C=O) groups is 1. The lowest BCUT2D eigenvalue weighted by atomic mass is 10.1. The topological polar surface area (TPSA) is 30.0 Å². The number of rotatable bonds is 5. The van der Waals surface area contributed by atoms with Crippen molar-refractivity contribution in [3.63, 3.8) is 0 Å². The van der Waals surface area contributed by atoms with Crippen LogP contribution in [0, 0.1) is 5.82 Å². The van der Waals surface area contributed by atoms with Gasteiger partial charge in [0.2, 0.25) is 0 Å². The Morgan fingerprint density at radius 1 is 0.647 bits per heavy atom. The van der Waals surface area contributed by atoms with Gasteiger partial charge in [-0.05, 0) is 54.1 Å². The van der Waals surface area contributed by atoms with Crippen molar-refractivity contribution in [3.05, 3.63) is 95.8 Å². The average Bonchev–Trinajstić information content (AvgIpc) is 2.90. The normalized spacial score (nSPS) is 17.1. The molecule has 0 saturated carbocycles. The first-order valence-electron chi connectivity index (χ1n) is 12.1. The SMILES string of the molecule is O=C(c1ccc(CN2CCN(c3ccccc3)CC2)cc1)N1CCN(c2ccc(F)cc2)CC1. The summed E-state index contributed by atoms with van der Waals surface area (Å²) in [6.45, 7) is 7.90. The van der Waals surface area contributed by atoms with Crippen LogP contribution in [0.4, 0.5) is 15.8 Å². The summed E-state index contributed by atoms with van der Waals surface area (Å²) < 4.78 is 13.2. The van der Waals surface area contributed by atoms with E-state index in [1.54, 1.807) is 12.1 Å². The van der Waals surface area contributed by atoms with Crippen LogP contribution in [0.3, 0.4) is 0 Å². The summed E-state index contributed by atoms with van der Waals surface area (Å²) in [4.78, 5) is 22.0. The summed E-state index contributed by atoms with van der Waals surface area (Å²) in [6, 6.07) is 25.3. The molecule has 34 heavy (non-hydrogen) atoms.